The monoisotopic (exact) mass is 472 g/mol. The van der Waals surface area contributed by atoms with Crippen LogP contribution in [0.4, 0.5) is 11.5 Å². The maximum Gasteiger partial charge on any atom is 0.337 e. The molecule has 0 radical (unpaired) electrons. The van der Waals surface area contributed by atoms with E-state index in [0.29, 0.717) is 53.5 Å². The summed E-state index contributed by atoms with van der Waals surface area (Å²) >= 11 is 0. The average Bonchev–Trinajstić information content (AvgIpc) is 2.87. The molecule has 4 rings (SSSR count). The molecule has 9 nitrogen and oxygen atoms in total. The van der Waals surface area contributed by atoms with Gasteiger partial charge in [-0.3, -0.25) is 4.79 Å². The molecule has 0 saturated heterocycles. The highest BCUT2D eigenvalue weighted by Crippen LogP contribution is 2.24. The smallest absolute Gasteiger partial charge is 0.337 e. The number of carboxylic acid groups (broad SMARTS) is 1. The van der Waals surface area contributed by atoms with Crippen LogP contribution in [-0.2, 0) is 11.3 Å². The summed E-state index contributed by atoms with van der Waals surface area (Å²) < 4.78 is 10.7. The lowest BCUT2D eigenvalue weighted by molar-refractivity contribution is 0.0698. The van der Waals surface area contributed by atoms with Gasteiger partial charge in [-0.1, -0.05) is 30.3 Å². The van der Waals surface area contributed by atoms with Gasteiger partial charge in [0.15, 0.2) is 0 Å². The Labute approximate surface area is 201 Å². The van der Waals surface area contributed by atoms with Crippen LogP contribution in [-0.4, -0.2) is 47.3 Å². The maximum atomic E-state index is 12.9. The number of hydrogen-bond acceptors (Lipinski definition) is 7. The van der Waals surface area contributed by atoms with Crippen LogP contribution in [0.5, 0.6) is 5.75 Å². The van der Waals surface area contributed by atoms with Gasteiger partial charge in [-0.25, -0.2) is 14.8 Å². The van der Waals surface area contributed by atoms with E-state index < -0.39 is 5.97 Å². The second-order valence-corrected chi connectivity index (χ2v) is 7.57. The van der Waals surface area contributed by atoms with Gasteiger partial charge in [0.25, 0.3) is 5.91 Å². The Kier molecular flexibility index (Phi) is 7.49. The molecule has 0 spiro atoms. The number of benzene rings is 3. The highest BCUT2D eigenvalue weighted by atomic mass is 16.5. The molecule has 3 aromatic carbocycles. The van der Waals surface area contributed by atoms with E-state index in [2.05, 4.69) is 20.6 Å². The fourth-order valence-electron chi connectivity index (χ4n) is 3.56. The second-order valence-electron chi connectivity index (χ2n) is 7.57. The summed E-state index contributed by atoms with van der Waals surface area (Å²) in [5.41, 5.74) is 2.43. The minimum atomic E-state index is -1.05. The number of amides is 1. The third kappa shape index (κ3) is 5.71. The van der Waals surface area contributed by atoms with Crippen molar-refractivity contribution in [2.45, 2.75) is 6.54 Å². The lowest BCUT2D eigenvalue weighted by Gasteiger charge is -2.13. The van der Waals surface area contributed by atoms with E-state index in [9.17, 15) is 14.7 Å². The van der Waals surface area contributed by atoms with Gasteiger partial charge < -0.3 is 25.2 Å². The van der Waals surface area contributed by atoms with E-state index in [-0.39, 0.29) is 11.5 Å². The Balaban J connectivity index is 1.47. The van der Waals surface area contributed by atoms with E-state index in [1.54, 1.807) is 43.5 Å². The van der Waals surface area contributed by atoms with Crippen LogP contribution in [0, 0.1) is 0 Å². The number of carbonyl (C=O) groups is 2. The summed E-state index contributed by atoms with van der Waals surface area (Å²) in [6, 6.07) is 19.4. The van der Waals surface area contributed by atoms with E-state index in [1.165, 1.54) is 12.4 Å². The van der Waals surface area contributed by atoms with Crippen molar-refractivity contribution < 1.29 is 24.2 Å². The number of rotatable bonds is 10. The van der Waals surface area contributed by atoms with Gasteiger partial charge in [-0.15, -0.1) is 0 Å². The van der Waals surface area contributed by atoms with Crippen molar-refractivity contribution in [3.05, 3.63) is 89.7 Å². The summed E-state index contributed by atoms with van der Waals surface area (Å²) in [6.45, 7) is 1.17. The Bertz CT molecular complexity index is 1360. The Morgan fingerprint density at radius 3 is 2.57 bits per heavy atom. The summed E-state index contributed by atoms with van der Waals surface area (Å²) in [7, 11) is 1.59. The molecule has 0 unspecified atom stereocenters. The van der Waals surface area contributed by atoms with Crippen molar-refractivity contribution in [1.29, 1.82) is 0 Å². The zero-order valence-corrected chi connectivity index (χ0v) is 19.0. The summed E-state index contributed by atoms with van der Waals surface area (Å²) in [6.07, 6.45) is 1.33. The summed E-state index contributed by atoms with van der Waals surface area (Å²) in [5.74, 6) is -0.327. The molecule has 0 bridgehead atoms. The first kappa shape index (κ1) is 23.7. The molecule has 4 aromatic rings. The van der Waals surface area contributed by atoms with Crippen molar-refractivity contribution in [3.63, 3.8) is 0 Å². The van der Waals surface area contributed by atoms with Gasteiger partial charge in [0.05, 0.1) is 23.3 Å². The van der Waals surface area contributed by atoms with E-state index in [4.69, 9.17) is 9.47 Å². The second kappa shape index (κ2) is 11.1. The number of aromatic carboxylic acids is 1. The van der Waals surface area contributed by atoms with E-state index in [0.717, 1.165) is 5.56 Å². The average molecular weight is 473 g/mol. The third-order valence-corrected chi connectivity index (χ3v) is 5.22. The normalized spacial score (nSPS) is 10.7. The zero-order valence-electron chi connectivity index (χ0n) is 19.0. The molecule has 0 fully saturated rings. The molecule has 178 valence electrons. The molecular weight excluding hydrogens is 448 g/mol. The molecule has 0 aliphatic heterocycles. The number of methoxy groups -OCH3 is 1. The quantitative estimate of drug-likeness (QED) is 0.293. The first-order valence-electron chi connectivity index (χ1n) is 10.9. The van der Waals surface area contributed by atoms with Crippen molar-refractivity contribution in [2.75, 3.05) is 31.0 Å². The van der Waals surface area contributed by atoms with Gasteiger partial charge >= 0.3 is 5.97 Å². The first-order valence-corrected chi connectivity index (χ1v) is 10.9. The van der Waals surface area contributed by atoms with Gasteiger partial charge in [0.2, 0.25) is 0 Å². The van der Waals surface area contributed by atoms with Crippen molar-refractivity contribution >= 4 is 34.3 Å². The Morgan fingerprint density at radius 1 is 0.943 bits per heavy atom. The first-order chi connectivity index (χ1) is 17.1. The molecule has 0 saturated carbocycles. The molecule has 1 heterocycles. The van der Waals surface area contributed by atoms with Crippen molar-refractivity contribution in [1.82, 2.24) is 9.97 Å². The number of para-hydroxylation sites is 2. The predicted molar refractivity (Wildman–Crippen MR) is 132 cm³/mol. The molecule has 9 heteroatoms. The topological polar surface area (TPSA) is 123 Å². The fourth-order valence-corrected chi connectivity index (χ4v) is 3.56. The molecule has 0 aliphatic rings. The fraction of sp³-hybridized carbons (Fsp3) is 0.154. The Hall–Kier alpha value is -4.50. The molecule has 0 aliphatic carbocycles. The third-order valence-electron chi connectivity index (χ3n) is 5.22. The Morgan fingerprint density at radius 2 is 1.74 bits per heavy atom. The van der Waals surface area contributed by atoms with E-state index in [1.807, 2.05) is 24.3 Å². The minimum absolute atomic E-state index is 0.115. The number of carbonyl (C=O) groups excluding carboxylic acids is 1. The summed E-state index contributed by atoms with van der Waals surface area (Å²) in [5, 5.41) is 16.2. The van der Waals surface area contributed by atoms with Crippen LogP contribution in [0.15, 0.2) is 73.1 Å². The number of fused-ring (bicyclic) bond motifs is 1. The summed E-state index contributed by atoms with van der Waals surface area (Å²) in [4.78, 5) is 32.8. The van der Waals surface area contributed by atoms with Gasteiger partial charge in [-0.05, 0) is 42.0 Å². The van der Waals surface area contributed by atoms with Crippen LogP contribution in [0.25, 0.3) is 10.9 Å². The number of nitrogens with one attached hydrogen (secondary N) is 2. The van der Waals surface area contributed by atoms with Gasteiger partial charge in [-0.2, -0.15) is 0 Å². The number of anilines is 2. The SMILES string of the molecule is COCCOc1ccccc1C(=O)Nc1cccc(CNc2ncnc3c(C(=O)O)cccc23)c1. The van der Waals surface area contributed by atoms with Crippen molar-refractivity contribution in [2.24, 2.45) is 0 Å². The maximum absolute atomic E-state index is 12.9. The van der Waals surface area contributed by atoms with Crippen LogP contribution in [0.1, 0.15) is 26.3 Å². The molecule has 1 amide bonds. The standard InChI is InChI=1S/C26H24N4O5/c1-34-12-13-35-22-11-3-2-8-19(22)25(31)30-18-7-4-6-17(14-18)15-27-24-20-9-5-10-21(26(32)33)23(20)28-16-29-24/h2-11,14,16H,12-13,15H2,1H3,(H,30,31)(H,32,33)(H,27,28,29). The van der Waals surface area contributed by atoms with Crippen molar-refractivity contribution in [3.8, 4) is 5.75 Å². The van der Waals surface area contributed by atoms with Gasteiger partial charge in [0.1, 0.15) is 24.5 Å². The predicted octanol–water partition coefficient (Wildman–Crippen LogP) is 4.22. The van der Waals surface area contributed by atoms with Crippen LogP contribution in [0.2, 0.25) is 0 Å². The van der Waals surface area contributed by atoms with Crippen LogP contribution >= 0.6 is 0 Å². The minimum Gasteiger partial charge on any atom is -0.490 e. The lowest BCUT2D eigenvalue weighted by atomic mass is 10.1. The number of aromatic nitrogens is 2. The van der Waals surface area contributed by atoms with E-state index >= 15 is 0 Å². The number of carboxylic acids is 1. The van der Waals surface area contributed by atoms with Gasteiger partial charge in [0, 0.05) is 24.7 Å². The molecule has 1 aromatic heterocycles. The largest absolute Gasteiger partial charge is 0.490 e. The highest BCUT2D eigenvalue weighted by molar-refractivity contribution is 6.06. The molecular formula is C26H24N4O5. The molecule has 3 N–H and O–H groups in total. The van der Waals surface area contributed by atoms with Crippen LogP contribution in [0.3, 0.4) is 0 Å². The highest BCUT2D eigenvalue weighted by Gasteiger charge is 2.14. The number of hydrogen-bond donors (Lipinski definition) is 3. The number of ether oxygens (including phenoxy) is 2. The lowest BCUT2D eigenvalue weighted by Crippen LogP contribution is -2.15. The molecule has 0 atom stereocenters. The molecule has 35 heavy (non-hydrogen) atoms. The number of nitrogens with zero attached hydrogens (tertiary/aromatic N) is 2. The van der Waals surface area contributed by atoms with Crippen LogP contribution < -0.4 is 15.4 Å². The zero-order chi connectivity index (χ0) is 24.6.